The number of halogens is 2. The van der Waals surface area contributed by atoms with Crippen LogP contribution in [0, 0.1) is 0 Å². The molecule has 0 saturated carbocycles. The maximum atomic E-state index is 11.6. The lowest BCUT2D eigenvalue weighted by atomic mass is 10.7. The lowest BCUT2D eigenvalue weighted by molar-refractivity contribution is -0.123. The first-order chi connectivity index (χ1) is 4.80. The van der Waals surface area contributed by atoms with Crippen molar-refractivity contribution < 1.29 is 22.0 Å². The second-order valence-corrected chi connectivity index (χ2v) is 3.73. The van der Waals surface area contributed by atoms with Crippen LogP contribution in [0.15, 0.2) is 0 Å². The van der Waals surface area contributed by atoms with Gasteiger partial charge in [-0.05, 0) is 0 Å². The minimum Gasteiger partial charge on any atom is -0.274 e. The maximum absolute atomic E-state index is 11.6. The predicted molar refractivity (Wildman–Crippen MR) is 33.4 cm³/mol. The summed E-state index contributed by atoms with van der Waals surface area (Å²) in [4.78, 5) is 10.3. The first-order valence-electron chi connectivity index (χ1n) is 2.56. The highest BCUT2D eigenvalue weighted by Crippen LogP contribution is 2.09. The molecule has 4 nitrogen and oxygen atoms in total. The third-order valence-corrected chi connectivity index (χ3v) is 2.52. The summed E-state index contributed by atoms with van der Waals surface area (Å²) in [6.07, 6.45) is 0. The van der Waals surface area contributed by atoms with E-state index in [4.69, 9.17) is 0 Å². The van der Waals surface area contributed by atoms with Gasteiger partial charge in [-0.1, -0.05) is 0 Å². The van der Waals surface area contributed by atoms with E-state index < -0.39 is 21.7 Å². The van der Waals surface area contributed by atoms with Gasteiger partial charge in [-0.3, -0.25) is 4.79 Å². The van der Waals surface area contributed by atoms with Crippen LogP contribution in [0.3, 0.4) is 0 Å². The second-order valence-electron chi connectivity index (χ2n) is 1.79. The van der Waals surface area contributed by atoms with Gasteiger partial charge in [0.15, 0.2) is 0 Å². The molecule has 0 fully saturated rings. The van der Waals surface area contributed by atoms with Gasteiger partial charge in [0.25, 0.3) is 10.0 Å². The van der Waals surface area contributed by atoms with E-state index in [1.165, 1.54) is 0 Å². The summed E-state index contributed by atoms with van der Waals surface area (Å²) in [5, 5.41) is 0. The average molecular weight is 187 g/mol. The Hall–Kier alpha value is -0.720. The van der Waals surface area contributed by atoms with E-state index >= 15 is 0 Å². The van der Waals surface area contributed by atoms with Crippen LogP contribution in [0.25, 0.3) is 0 Å². The van der Waals surface area contributed by atoms with Crippen LogP contribution >= 0.6 is 0 Å². The molecule has 0 aliphatic rings. The molecule has 7 heteroatoms. The largest absolute Gasteiger partial charge is 0.355 e. The lowest BCUT2D eigenvalue weighted by Gasteiger charge is -2.13. The Labute approximate surface area is 62.8 Å². The van der Waals surface area contributed by atoms with Crippen molar-refractivity contribution in [3.63, 3.8) is 0 Å². The molecule has 0 aromatic rings. The molecule has 66 valence electrons. The Bertz CT molecular complexity index is 248. The number of hydrogen-bond acceptors (Lipinski definition) is 3. The van der Waals surface area contributed by atoms with Crippen LogP contribution < -0.4 is 0 Å². The first kappa shape index (κ1) is 10.3. The number of nitrogens with zero attached hydrogens (tertiary/aromatic N) is 1. The highest BCUT2D eigenvalue weighted by atomic mass is 32.2. The predicted octanol–water partition coefficient (Wildman–Crippen LogP) is 0.0171. The number of carbonyl (C=O) groups excluding carboxylic acids is 1. The molecule has 0 rings (SSSR count). The standard InChI is InChI=1S/C4H7F2NO3S/c1-3(8)7(2)11(9,10)4(5)6/h4H,1-2H3. The molecule has 0 radical (unpaired) electrons. The third-order valence-electron chi connectivity index (χ3n) is 1.05. The average Bonchev–Trinajstić information content (AvgIpc) is 1.85. The molecule has 0 atom stereocenters. The molecule has 0 heterocycles. The van der Waals surface area contributed by atoms with E-state index in [2.05, 4.69) is 0 Å². The molecule has 0 saturated heterocycles. The highest BCUT2D eigenvalue weighted by Gasteiger charge is 2.30. The number of amides is 1. The van der Waals surface area contributed by atoms with Gasteiger partial charge in [0.2, 0.25) is 5.91 Å². The molecule has 0 unspecified atom stereocenters. The van der Waals surface area contributed by atoms with E-state index in [0.717, 1.165) is 14.0 Å². The van der Waals surface area contributed by atoms with E-state index in [0.29, 0.717) is 0 Å². The number of hydrogen-bond donors (Lipinski definition) is 0. The van der Waals surface area contributed by atoms with Gasteiger partial charge in [-0.25, -0.2) is 12.7 Å². The zero-order valence-electron chi connectivity index (χ0n) is 5.91. The van der Waals surface area contributed by atoms with Crippen LogP contribution in [0.2, 0.25) is 0 Å². The van der Waals surface area contributed by atoms with Crippen LogP contribution in [0.4, 0.5) is 8.78 Å². The van der Waals surface area contributed by atoms with E-state index in [-0.39, 0.29) is 4.31 Å². The second kappa shape index (κ2) is 3.12. The maximum Gasteiger partial charge on any atom is 0.355 e. The van der Waals surface area contributed by atoms with Gasteiger partial charge in [0.1, 0.15) is 0 Å². The summed E-state index contributed by atoms with van der Waals surface area (Å²) in [6, 6.07) is 0. The number of sulfonamides is 1. The van der Waals surface area contributed by atoms with Crippen molar-refractivity contribution in [3.05, 3.63) is 0 Å². The number of carbonyl (C=O) groups is 1. The zero-order valence-corrected chi connectivity index (χ0v) is 6.73. The number of alkyl halides is 2. The van der Waals surface area contributed by atoms with Crippen LogP contribution in [-0.2, 0) is 14.8 Å². The fourth-order valence-corrected chi connectivity index (χ4v) is 0.896. The van der Waals surface area contributed by atoms with Crippen molar-refractivity contribution in [1.82, 2.24) is 4.31 Å². The molecular formula is C4H7F2NO3S. The van der Waals surface area contributed by atoms with Gasteiger partial charge >= 0.3 is 5.76 Å². The normalized spacial score (nSPS) is 11.7. The molecule has 0 bridgehead atoms. The van der Waals surface area contributed by atoms with Crippen molar-refractivity contribution >= 4 is 15.9 Å². The summed E-state index contributed by atoms with van der Waals surface area (Å²) in [5.74, 6) is -4.48. The molecule has 0 aliphatic carbocycles. The van der Waals surface area contributed by atoms with Gasteiger partial charge in [0.05, 0.1) is 0 Å². The molecule has 0 N–H and O–H groups in total. The topological polar surface area (TPSA) is 54.5 Å². The monoisotopic (exact) mass is 187 g/mol. The summed E-state index contributed by atoms with van der Waals surface area (Å²) < 4.78 is 44.1. The smallest absolute Gasteiger partial charge is 0.274 e. The summed E-state index contributed by atoms with van der Waals surface area (Å²) >= 11 is 0. The van der Waals surface area contributed by atoms with Crippen LogP contribution in [0.1, 0.15) is 6.92 Å². The van der Waals surface area contributed by atoms with E-state index in [9.17, 15) is 22.0 Å². The van der Waals surface area contributed by atoms with Crippen molar-refractivity contribution in [1.29, 1.82) is 0 Å². The van der Waals surface area contributed by atoms with Crippen molar-refractivity contribution in [2.24, 2.45) is 0 Å². The minimum absolute atomic E-state index is 0.0116. The fourth-order valence-electron chi connectivity index (χ4n) is 0.299. The SMILES string of the molecule is CC(=O)N(C)S(=O)(=O)C(F)F. The van der Waals surface area contributed by atoms with E-state index in [1.807, 2.05) is 0 Å². The third kappa shape index (κ3) is 2.11. The van der Waals surface area contributed by atoms with Crippen molar-refractivity contribution in [3.8, 4) is 0 Å². The Kier molecular flexibility index (Phi) is 2.92. The first-order valence-corrected chi connectivity index (χ1v) is 4.07. The molecule has 1 amide bonds. The minimum atomic E-state index is -4.73. The Morgan fingerprint density at radius 2 is 1.82 bits per heavy atom. The van der Waals surface area contributed by atoms with Gasteiger partial charge in [-0.15, -0.1) is 0 Å². The Balaban J connectivity index is 4.72. The molecule has 11 heavy (non-hydrogen) atoms. The Morgan fingerprint density at radius 3 is 1.91 bits per heavy atom. The van der Waals surface area contributed by atoms with Gasteiger partial charge in [0, 0.05) is 14.0 Å². The van der Waals surface area contributed by atoms with E-state index in [1.54, 1.807) is 0 Å². The molecular weight excluding hydrogens is 180 g/mol. The van der Waals surface area contributed by atoms with Gasteiger partial charge in [-0.2, -0.15) is 8.78 Å². The summed E-state index contributed by atoms with van der Waals surface area (Å²) in [5.41, 5.74) is 0. The van der Waals surface area contributed by atoms with Crippen LogP contribution in [0.5, 0.6) is 0 Å². The quantitative estimate of drug-likeness (QED) is 0.612. The molecule has 0 aromatic carbocycles. The van der Waals surface area contributed by atoms with Crippen LogP contribution in [-0.4, -0.2) is 31.4 Å². The highest BCUT2D eigenvalue weighted by molar-refractivity contribution is 7.89. The molecule has 0 aromatic heterocycles. The van der Waals surface area contributed by atoms with Gasteiger partial charge < -0.3 is 0 Å². The zero-order chi connectivity index (χ0) is 9.23. The summed E-state index contributed by atoms with van der Waals surface area (Å²) in [6.45, 7) is 0.889. The fraction of sp³-hybridized carbons (Fsp3) is 0.750. The number of rotatable bonds is 2. The molecule has 0 spiro atoms. The Morgan fingerprint density at radius 1 is 1.45 bits per heavy atom. The molecule has 0 aliphatic heterocycles. The van der Waals surface area contributed by atoms with Crippen molar-refractivity contribution in [2.75, 3.05) is 7.05 Å². The summed E-state index contributed by atoms with van der Waals surface area (Å²) in [7, 11) is -3.94. The van der Waals surface area contributed by atoms with Crippen molar-refractivity contribution in [2.45, 2.75) is 12.7 Å². The lowest BCUT2D eigenvalue weighted by Crippen LogP contribution is -2.35.